The van der Waals surface area contributed by atoms with Crippen molar-refractivity contribution in [1.29, 1.82) is 0 Å². The number of ether oxygens (including phenoxy) is 1. The van der Waals surface area contributed by atoms with Crippen LogP contribution in [0.1, 0.15) is 37.1 Å². The molecule has 0 saturated heterocycles. The predicted molar refractivity (Wildman–Crippen MR) is 124 cm³/mol. The number of aliphatic hydroxyl groups is 1. The van der Waals surface area contributed by atoms with Gasteiger partial charge in [-0.2, -0.15) is 13.2 Å². The lowest BCUT2D eigenvalue weighted by Crippen LogP contribution is -2.51. The Balaban J connectivity index is 1.77. The summed E-state index contributed by atoms with van der Waals surface area (Å²) in [5.74, 6) is 0.620. The summed E-state index contributed by atoms with van der Waals surface area (Å²) in [6, 6.07) is 10.7. The van der Waals surface area contributed by atoms with E-state index in [1.165, 1.54) is 11.8 Å². The number of nitrogens with one attached hydrogen (secondary N) is 1. The fourth-order valence-corrected chi connectivity index (χ4v) is 5.22. The van der Waals surface area contributed by atoms with E-state index >= 15 is 0 Å². The third-order valence-corrected chi connectivity index (χ3v) is 7.03. The minimum absolute atomic E-state index is 0.0844. The van der Waals surface area contributed by atoms with Crippen LogP contribution in [0.5, 0.6) is 5.75 Å². The summed E-state index contributed by atoms with van der Waals surface area (Å²) in [6.07, 6.45) is -3.59. The molecule has 0 radical (unpaired) electrons. The van der Waals surface area contributed by atoms with Crippen molar-refractivity contribution in [2.24, 2.45) is 0 Å². The molecule has 1 aliphatic rings. The first-order valence-corrected chi connectivity index (χ1v) is 11.8. The number of H-pyrrole nitrogens is 1. The highest BCUT2D eigenvalue weighted by atomic mass is 32.2. The van der Waals surface area contributed by atoms with Gasteiger partial charge < -0.3 is 14.8 Å². The zero-order chi connectivity index (χ0) is 24.0. The number of para-hydroxylation sites is 1. The number of hydrogen-bond acceptors (Lipinski definition) is 3. The molecule has 0 aliphatic carbocycles. The van der Waals surface area contributed by atoms with Crippen LogP contribution < -0.4 is 4.74 Å². The van der Waals surface area contributed by atoms with E-state index in [0.29, 0.717) is 35.2 Å². The van der Waals surface area contributed by atoms with E-state index in [1.807, 2.05) is 18.4 Å². The molecule has 3 aromatic rings. The zero-order valence-electron chi connectivity index (χ0n) is 18.6. The van der Waals surface area contributed by atoms with Gasteiger partial charge in [0.15, 0.2) is 5.60 Å². The smallest absolute Gasteiger partial charge is 0.417 e. The van der Waals surface area contributed by atoms with Gasteiger partial charge in [-0.1, -0.05) is 32.0 Å². The number of alkyl halides is 3. The molecule has 0 saturated carbocycles. The molecule has 4 rings (SSSR count). The second-order valence-corrected chi connectivity index (χ2v) is 10.0. The van der Waals surface area contributed by atoms with Gasteiger partial charge in [-0.3, -0.25) is 0 Å². The summed E-state index contributed by atoms with van der Waals surface area (Å²) in [7, 11) is 0. The van der Waals surface area contributed by atoms with Crippen LogP contribution in [-0.2, 0) is 18.3 Å². The fourth-order valence-electron chi connectivity index (χ4n) is 4.72. The largest absolute Gasteiger partial charge is 0.493 e. The lowest BCUT2D eigenvalue weighted by Gasteiger charge is -2.38. The second-order valence-electron chi connectivity index (χ2n) is 9.14. The number of fused-ring (bicyclic) bond motifs is 2. The van der Waals surface area contributed by atoms with Crippen LogP contribution >= 0.6 is 11.8 Å². The van der Waals surface area contributed by atoms with Gasteiger partial charge in [0.25, 0.3) is 0 Å². The molecule has 1 unspecified atom stereocenters. The van der Waals surface area contributed by atoms with E-state index in [1.54, 1.807) is 38.1 Å². The molecule has 4 nitrogen and oxygen atoms in total. The van der Waals surface area contributed by atoms with Crippen LogP contribution in [0.15, 0.2) is 41.3 Å². The number of thioether (sulfide) groups is 1. The number of hydrogen-bond donors (Lipinski definition) is 2. The molecule has 2 heterocycles. The first kappa shape index (κ1) is 23.5. The Morgan fingerprint density at radius 2 is 1.94 bits per heavy atom. The molecule has 8 heteroatoms. The first-order valence-electron chi connectivity index (χ1n) is 10.6. The summed E-state index contributed by atoms with van der Waals surface area (Å²) < 4.78 is 48.9. The van der Waals surface area contributed by atoms with Gasteiger partial charge in [0.1, 0.15) is 5.75 Å². The highest BCUT2D eigenvalue weighted by Crippen LogP contribution is 2.48. The van der Waals surface area contributed by atoms with Crippen molar-refractivity contribution in [2.75, 3.05) is 12.9 Å². The number of halogens is 3. The number of nitrogens with zero attached hydrogens (tertiary/aromatic N) is 1. The maximum Gasteiger partial charge on any atom is 0.417 e. The van der Waals surface area contributed by atoms with Crippen molar-refractivity contribution >= 4 is 28.4 Å². The Hall–Kier alpha value is -2.63. The highest BCUT2D eigenvalue weighted by Gasteiger charge is 2.56. The average Bonchev–Trinajstić information content (AvgIpc) is 3.35. The molecule has 1 aliphatic heterocycles. The minimum atomic E-state index is -4.90. The maximum absolute atomic E-state index is 14.4. The third kappa shape index (κ3) is 4.20. The quantitative estimate of drug-likeness (QED) is 0.313. The predicted octanol–water partition coefficient (Wildman–Crippen LogP) is 6.58. The van der Waals surface area contributed by atoms with E-state index in [0.717, 1.165) is 10.5 Å². The third-order valence-electron chi connectivity index (χ3n) is 6.32. The van der Waals surface area contributed by atoms with E-state index in [2.05, 4.69) is 9.83 Å². The lowest BCUT2D eigenvalue weighted by atomic mass is 9.72. The summed E-state index contributed by atoms with van der Waals surface area (Å²) in [6.45, 7) is 11.4. The zero-order valence-corrected chi connectivity index (χ0v) is 19.5. The molecule has 0 bridgehead atoms. The van der Waals surface area contributed by atoms with Gasteiger partial charge in [-0.25, -0.2) is 4.85 Å². The normalized spacial score (nSPS) is 15.7. The molecule has 2 aromatic carbocycles. The number of rotatable bonds is 6. The Kier molecular flexibility index (Phi) is 5.92. The molecule has 1 aromatic heterocycles. The Labute approximate surface area is 195 Å². The van der Waals surface area contributed by atoms with E-state index in [4.69, 9.17) is 11.3 Å². The highest BCUT2D eigenvalue weighted by molar-refractivity contribution is 7.98. The number of aromatic nitrogens is 1. The van der Waals surface area contributed by atoms with Gasteiger partial charge in [-0.15, -0.1) is 11.8 Å². The molecule has 1 atom stereocenters. The second kappa shape index (κ2) is 8.30. The fraction of sp³-hybridized carbons (Fsp3) is 0.400. The molecule has 0 fully saturated rings. The van der Waals surface area contributed by atoms with Crippen LogP contribution in [0.3, 0.4) is 0 Å². The van der Waals surface area contributed by atoms with Crippen molar-refractivity contribution in [3.63, 3.8) is 0 Å². The van der Waals surface area contributed by atoms with Crippen molar-refractivity contribution in [3.05, 3.63) is 64.6 Å². The van der Waals surface area contributed by atoms with Crippen LogP contribution in [0.2, 0.25) is 0 Å². The Morgan fingerprint density at radius 3 is 2.61 bits per heavy atom. The monoisotopic (exact) mass is 474 g/mol. The Bertz CT molecular complexity index is 1240. The standard InChI is InChI=1S/C25H25F3N2O2S/c1-23(2,18-12-16(33-4)11-15-9-10-32-22(15)18)14-24(31,25(26,27)28)13-20-21(29-3)17-7-5-6-8-19(17)30-20/h5-8,11-12,30-31H,9-10,13-14H2,1-2,4H3. The van der Waals surface area contributed by atoms with Gasteiger partial charge >= 0.3 is 6.18 Å². The number of aromatic amines is 1. The maximum atomic E-state index is 14.4. The Morgan fingerprint density at radius 1 is 1.21 bits per heavy atom. The lowest BCUT2D eigenvalue weighted by molar-refractivity contribution is -0.266. The van der Waals surface area contributed by atoms with Crippen molar-refractivity contribution < 1.29 is 23.0 Å². The first-order chi connectivity index (χ1) is 15.5. The van der Waals surface area contributed by atoms with Gasteiger partial charge in [0.05, 0.1) is 13.2 Å². The van der Waals surface area contributed by atoms with E-state index in [-0.39, 0.29) is 11.4 Å². The summed E-state index contributed by atoms with van der Waals surface area (Å²) in [5, 5.41) is 11.7. The van der Waals surface area contributed by atoms with Crippen molar-refractivity contribution in [1.82, 2.24) is 4.98 Å². The van der Waals surface area contributed by atoms with Gasteiger partial charge in [-0.05, 0) is 41.9 Å². The topological polar surface area (TPSA) is 49.6 Å². The van der Waals surface area contributed by atoms with E-state index in [9.17, 15) is 18.3 Å². The molecular weight excluding hydrogens is 449 g/mol. The van der Waals surface area contributed by atoms with Crippen LogP contribution in [0.4, 0.5) is 18.9 Å². The van der Waals surface area contributed by atoms with Crippen LogP contribution in [-0.4, -0.2) is 34.7 Å². The van der Waals surface area contributed by atoms with Crippen molar-refractivity contribution in [3.8, 4) is 5.75 Å². The summed E-state index contributed by atoms with van der Waals surface area (Å²) >= 11 is 1.52. The molecule has 0 spiro atoms. The SMILES string of the molecule is [C-]#[N+]c1c(CC(O)(CC(C)(C)c2cc(SC)cc3c2OCC3)C(F)(F)F)[nH]c2ccccc12. The minimum Gasteiger partial charge on any atom is -0.493 e. The van der Waals surface area contributed by atoms with E-state index < -0.39 is 30.0 Å². The van der Waals surface area contributed by atoms with Crippen LogP contribution in [0.25, 0.3) is 15.7 Å². The molecule has 2 N–H and O–H groups in total. The summed E-state index contributed by atoms with van der Waals surface area (Å²) in [5.41, 5.74) is -1.69. The molecule has 0 amide bonds. The average molecular weight is 475 g/mol. The molecule has 33 heavy (non-hydrogen) atoms. The van der Waals surface area contributed by atoms with Gasteiger partial charge in [0, 0.05) is 39.9 Å². The van der Waals surface area contributed by atoms with Crippen LogP contribution in [0, 0.1) is 6.57 Å². The molecular formula is C25H25F3N2O2S. The number of benzene rings is 2. The van der Waals surface area contributed by atoms with Crippen molar-refractivity contribution in [2.45, 2.75) is 55.2 Å². The molecule has 174 valence electrons. The van der Waals surface area contributed by atoms with Gasteiger partial charge in [0.2, 0.25) is 5.69 Å². The summed E-state index contributed by atoms with van der Waals surface area (Å²) in [4.78, 5) is 7.34.